The van der Waals surface area contributed by atoms with E-state index in [0.29, 0.717) is 18.7 Å². The van der Waals surface area contributed by atoms with E-state index >= 15 is 0 Å². The molecule has 0 saturated carbocycles. The number of carbonyl (C=O) groups excluding carboxylic acids is 1. The van der Waals surface area contributed by atoms with Crippen LogP contribution in [0.15, 0.2) is 42.5 Å². The maximum absolute atomic E-state index is 12.2. The zero-order valence-electron chi connectivity index (χ0n) is 17.2. The first-order chi connectivity index (χ1) is 13.3. The first-order valence-corrected chi connectivity index (χ1v) is 9.80. The molecular weight excluding hydrogens is 352 g/mol. The van der Waals surface area contributed by atoms with Gasteiger partial charge in [0.25, 0.3) is 5.91 Å². The van der Waals surface area contributed by atoms with Gasteiger partial charge in [-0.1, -0.05) is 24.3 Å². The molecule has 5 heteroatoms. The highest BCUT2D eigenvalue weighted by Gasteiger charge is 2.32. The number of hydrogen-bond donors (Lipinski definition) is 1. The number of para-hydroxylation sites is 1. The average Bonchev–Trinajstić information content (AvgIpc) is 2.98. The Morgan fingerprint density at radius 2 is 1.93 bits per heavy atom. The zero-order valence-corrected chi connectivity index (χ0v) is 17.2. The molecule has 0 unspecified atom stereocenters. The normalized spacial score (nSPS) is 14.5. The number of fused-ring (bicyclic) bond motifs is 1. The van der Waals surface area contributed by atoms with Gasteiger partial charge in [0, 0.05) is 24.1 Å². The van der Waals surface area contributed by atoms with Crippen LogP contribution in [0.5, 0.6) is 11.5 Å². The van der Waals surface area contributed by atoms with Crippen LogP contribution in [-0.2, 0) is 13.0 Å². The molecule has 0 atom stereocenters. The SMILES string of the molecule is CN(C)CCCNC(=O)c1ccc(COc2cccc3c2OC(C)(C)C3)cc1. The number of amides is 1. The molecule has 0 saturated heterocycles. The Bertz CT molecular complexity index is 813. The minimum atomic E-state index is -0.191. The first-order valence-electron chi connectivity index (χ1n) is 9.80. The summed E-state index contributed by atoms with van der Waals surface area (Å²) in [7, 11) is 4.05. The number of nitrogens with one attached hydrogen (secondary N) is 1. The Kier molecular flexibility index (Phi) is 6.25. The zero-order chi connectivity index (χ0) is 20.1. The summed E-state index contributed by atoms with van der Waals surface area (Å²) in [6.07, 6.45) is 1.82. The number of benzene rings is 2. The van der Waals surface area contributed by atoms with Gasteiger partial charge in [0.15, 0.2) is 11.5 Å². The lowest BCUT2D eigenvalue weighted by Crippen LogP contribution is -2.27. The fraction of sp³-hybridized carbons (Fsp3) is 0.435. The molecular formula is C23H30N2O3. The van der Waals surface area contributed by atoms with Gasteiger partial charge in [-0.2, -0.15) is 0 Å². The minimum absolute atomic E-state index is 0.0391. The van der Waals surface area contributed by atoms with Crippen molar-refractivity contribution in [2.24, 2.45) is 0 Å². The van der Waals surface area contributed by atoms with Gasteiger partial charge < -0.3 is 19.7 Å². The number of hydrogen-bond acceptors (Lipinski definition) is 4. The smallest absolute Gasteiger partial charge is 0.251 e. The van der Waals surface area contributed by atoms with Crippen LogP contribution in [0.1, 0.15) is 41.8 Å². The van der Waals surface area contributed by atoms with Crippen molar-refractivity contribution in [1.29, 1.82) is 0 Å². The Morgan fingerprint density at radius 1 is 1.18 bits per heavy atom. The van der Waals surface area contributed by atoms with Crippen molar-refractivity contribution in [1.82, 2.24) is 10.2 Å². The van der Waals surface area contributed by atoms with Gasteiger partial charge in [-0.3, -0.25) is 4.79 Å². The molecule has 2 aromatic rings. The second-order valence-corrected chi connectivity index (χ2v) is 8.18. The fourth-order valence-corrected chi connectivity index (χ4v) is 3.31. The van der Waals surface area contributed by atoms with Gasteiger partial charge >= 0.3 is 0 Å². The minimum Gasteiger partial charge on any atom is -0.485 e. The van der Waals surface area contributed by atoms with E-state index in [1.807, 2.05) is 50.5 Å². The second-order valence-electron chi connectivity index (χ2n) is 8.18. The second kappa shape index (κ2) is 8.65. The molecule has 0 aromatic heterocycles. The quantitative estimate of drug-likeness (QED) is 0.708. The summed E-state index contributed by atoms with van der Waals surface area (Å²) >= 11 is 0. The summed E-state index contributed by atoms with van der Waals surface area (Å²) in [4.78, 5) is 14.3. The maximum atomic E-state index is 12.2. The van der Waals surface area contributed by atoms with E-state index in [9.17, 15) is 4.79 Å². The molecule has 0 spiro atoms. The van der Waals surface area contributed by atoms with E-state index in [0.717, 1.165) is 36.4 Å². The molecule has 0 bridgehead atoms. The van der Waals surface area contributed by atoms with Crippen LogP contribution in [-0.4, -0.2) is 43.6 Å². The lowest BCUT2D eigenvalue weighted by molar-refractivity contribution is 0.0952. The monoisotopic (exact) mass is 382 g/mol. The summed E-state index contributed by atoms with van der Waals surface area (Å²) in [5.74, 6) is 1.58. The predicted octanol–water partition coefficient (Wildman–Crippen LogP) is 3.66. The Labute approximate surface area is 167 Å². The highest BCUT2D eigenvalue weighted by Crippen LogP contribution is 2.41. The molecule has 2 aromatic carbocycles. The van der Waals surface area contributed by atoms with E-state index in [2.05, 4.69) is 30.1 Å². The molecule has 0 aliphatic carbocycles. The van der Waals surface area contributed by atoms with Crippen molar-refractivity contribution < 1.29 is 14.3 Å². The summed E-state index contributed by atoms with van der Waals surface area (Å²) in [5, 5.41) is 2.95. The van der Waals surface area contributed by atoms with Crippen molar-refractivity contribution >= 4 is 5.91 Å². The summed E-state index contributed by atoms with van der Waals surface area (Å²) in [5.41, 5.74) is 2.67. The van der Waals surface area contributed by atoms with E-state index in [4.69, 9.17) is 9.47 Å². The third-order valence-corrected chi connectivity index (χ3v) is 4.73. The molecule has 0 radical (unpaired) electrons. The lowest BCUT2D eigenvalue weighted by Gasteiger charge is -2.18. The topological polar surface area (TPSA) is 50.8 Å². The summed E-state index contributed by atoms with van der Waals surface area (Å²) < 4.78 is 12.0. The highest BCUT2D eigenvalue weighted by molar-refractivity contribution is 5.94. The maximum Gasteiger partial charge on any atom is 0.251 e. The Morgan fingerprint density at radius 3 is 2.64 bits per heavy atom. The van der Waals surface area contributed by atoms with Gasteiger partial charge in [0.05, 0.1) is 0 Å². The number of carbonyl (C=O) groups is 1. The van der Waals surface area contributed by atoms with Gasteiger partial charge in [-0.05, 0) is 64.7 Å². The van der Waals surface area contributed by atoms with Crippen LogP contribution in [0.25, 0.3) is 0 Å². The van der Waals surface area contributed by atoms with Crippen LogP contribution in [0.2, 0.25) is 0 Å². The molecule has 150 valence electrons. The van der Waals surface area contributed by atoms with Crippen LogP contribution < -0.4 is 14.8 Å². The number of nitrogens with zero attached hydrogens (tertiary/aromatic N) is 1. The number of ether oxygens (including phenoxy) is 2. The molecule has 1 aliphatic heterocycles. The van der Waals surface area contributed by atoms with Crippen LogP contribution >= 0.6 is 0 Å². The van der Waals surface area contributed by atoms with Crippen LogP contribution in [0.4, 0.5) is 0 Å². The third kappa shape index (κ3) is 5.26. The molecule has 28 heavy (non-hydrogen) atoms. The molecule has 0 fully saturated rings. The first kappa shape index (κ1) is 20.2. The van der Waals surface area contributed by atoms with Gasteiger partial charge in [0.2, 0.25) is 0 Å². The largest absolute Gasteiger partial charge is 0.485 e. The molecule has 1 N–H and O–H groups in total. The molecule has 1 aliphatic rings. The molecule has 5 nitrogen and oxygen atoms in total. The molecule has 1 amide bonds. The van der Waals surface area contributed by atoms with Gasteiger partial charge in [-0.25, -0.2) is 0 Å². The van der Waals surface area contributed by atoms with Gasteiger partial charge in [-0.15, -0.1) is 0 Å². The Hall–Kier alpha value is -2.53. The summed E-state index contributed by atoms with van der Waals surface area (Å²) in [6, 6.07) is 13.6. The van der Waals surface area contributed by atoms with E-state index < -0.39 is 0 Å². The molecule has 3 rings (SSSR count). The van der Waals surface area contributed by atoms with Crippen molar-refractivity contribution in [3.8, 4) is 11.5 Å². The van der Waals surface area contributed by atoms with Crippen LogP contribution in [0.3, 0.4) is 0 Å². The van der Waals surface area contributed by atoms with Crippen molar-refractivity contribution in [2.45, 2.75) is 38.9 Å². The average molecular weight is 383 g/mol. The summed E-state index contributed by atoms with van der Waals surface area (Å²) in [6.45, 7) is 6.24. The van der Waals surface area contributed by atoms with Crippen molar-refractivity contribution in [3.05, 3.63) is 59.2 Å². The molecule has 1 heterocycles. The van der Waals surface area contributed by atoms with E-state index in [1.54, 1.807) is 0 Å². The Balaban J connectivity index is 1.53. The fourth-order valence-electron chi connectivity index (χ4n) is 3.31. The van der Waals surface area contributed by atoms with Crippen molar-refractivity contribution in [3.63, 3.8) is 0 Å². The highest BCUT2D eigenvalue weighted by atomic mass is 16.5. The van der Waals surface area contributed by atoms with E-state index in [1.165, 1.54) is 5.56 Å². The van der Waals surface area contributed by atoms with Gasteiger partial charge in [0.1, 0.15) is 12.2 Å². The number of rotatable bonds is 8. The van der Waals surface area contributed by atoms with Crippen LogP contribution in [0, 0.1) is 0 Å². The standard InChI is InChI=1S/C23H30N2O3/c1-23(2)15-19-7-5-8-20(21(19)28-23)27-16-17-9-11-18(12-10-17)22(26)24-13-6-14-25(3)4/h5,7-12H,6,13-16H2,1-4H3,(H,24,26). The predicted molar refractivity (Wildman–Crippen MR) is 111 cm³/mol. The van der Waals surface area contributed by atoms with Crippen molar-refractivity contribution in [2.75, 3.05) is 27.2 Å². The third-order valence-electron chi connectivity index (χ3n) is 4.73. The van der Waals surface area contributed by atoms with E-state index in [-0.39, 0.29) is 11.5 Å². The lowest BCUT2D eigenvalue weighted by atomic mass is 10.0.